The van der Waals surface area contributed by atoms with E-state index in [1.165, 1.54) is 0 Å². The summed E-state index contributed by atoms with van der Waals surface area (Å²) in [6.45, 7) is 8.39. The van der Waals surface area contributed by atoms with Gasteiger partial charge >= 0.3 is 0 Å². The van der Waals surface area contributed by atoms with Crippen molar-refractivity contribution in [2.45, 2.75) is 44.6 Å². The maximum Gasteiger partial charge on any atom is 0.243 e. The first-order valence-corrected chi connectivity index (χ1v) is 10.7. The van der Waals surface area contributed by atoms with Crippen molar-refractivity contribution < 1.29 is 8.42 Å². The van der Waals surface area contributed by atoms with E-state index in [1.54, 1.807) is 22.6 Å². The summed E-state index contributed by atoms with van der Waals surface area (Å²) >= 11 is 0. The Morgan fingerprint density at radius 2 is 1.85 bits per heavy atom. The molecule has 0 radical (unpaired) electrons. The molecule has 0 bridgehead atoms. The number of aryl methyl sites for hydroxylation is 1. The molecule has 26 heavy (non-hydrogen) atoms. The molecule has 0 unspecified atom stereocenters. The lowest BCUT2D eigenvalue weighted by atomic mass is 10.1. The third-order valence-corrected chi connectivity index (χ3v) is 6.99. The Bertz CT molecular complexity index is 846. The van der Waals surface area contributed by atoms with Gasteiger partial charge in [0.1, 0.15) is 5.82 Å². The average Bonchev–Trinajstić information content (AvgIpc) is 3.14. The highest BCUT2D eigenvalue weighted by Gasteiger charge is 2.37. The van der Waals surface area contributed by atoms with Crippen molar-refractivity contribution in [2.24, 2.45) is 0 Å². The predicted octanol–water partition coefficient (Wildman–Crippen LogP) is 3.76. The molecule has 0 amide bonds. The summed E-state index contributed by atoms with van der Waals surface area (Å²) in [5.41, 5.74) is 2.06. The van der Waals surface area contributed by atoms with Crippen molar-refractivity contribution in [3.8, 4) is 0 Å². The molecular formula is C20H27N3O2S. The minimum atomic E-state index is -3.52. The molecule has 0 spiro atoms. The number of rotatable bonds is 6. The van der Waals surface area contributed by atoms with Crippen LogP contribution in [0.3, 0.4) is 0 Å². The molecule has 2 heterocycles. The van der Waals surface area contributed by atoms with Crippen LogP contribution in [0.5, 0.6) is 0 Å². The van der Waals surface area contributed by atoms with Crippen LogP contribution in [0.4, 0.5) is 5.82 Å². The summed E-state index contributed by atoms with van der Waals surface area (Å²) in [6, 6.07) is 10.9. The second kappa shape index (κ2) is 7.76. The Morgan fingerprint density at radius 3 is 2.50 bits per heavy atom. The van der Waals surface area contributed by atoms with E-state index in [0.29, 0.717) is 11.4 Å². The lowest BCUT2D eigenvalue weighted by Gasteiger charge is -2.29. The molecule has 1 aliphatic rings. The van der Waals surface area contributed by atoms with Gasteiger partial charge in [-0.1, -0.05) is 23.8 Å². The summed E-state index contributed by atoms with van der Waals surface area (Å²) in [5.74, 6) is 0.897. The number of hydrogen-bond donors (Lipinski definition) is 0. The fourth-order valence-electron chi connectivity index (χ4n) is 3.64. The average molecular weight is 374 g/mol. The van der Waals surface area contributed by atoms with Crippen molar-refractivity contribution in [1.82, 2.24) is 9.29 Å². The standard InChI is InChI=1S/C20H27N3O2S/c1-4-22(5-2)20-18(8-6-14-21-20)19-9-7-15-23(19)26(24,25)17-12-10-16(3)11-13-17/h6,8,10-14,19H,4-5,7,9,15H2,1-3H3/t19-/m1/s1. The molecule has 6 heteroatoms. The second-order valence-corrected chi connectivity index (χ2v) is 8.57. The van der Waals surface area contributed by atoms with Crippen LogP contribution in [0.2, 0.25) is 0 Å². The molecule has 0 saturated carbocycles. The first-order chi connectivity index (χ1) is 12.5. The van der Waals surface area contributed by atoms with E-state index in [-0.39, 0.29) is 6.04 Å². The maximum atomic E-state index is 13.2. The van der Waals surface area contributed by atoms with Crippen LogP contribution in [0.15, 0.2) is 47.5 Å². The number of hydrogen-bond acceptors (Lipinski definition) is 4. The Kier molecular flexibility index (Phi) is 5.63. The minimum Gasteiger partial charge on any atom is -0.357 e. The van der Waals surface area contributed by atoms with E-state index in [4.69, 9.17) is 0 Å². The monoisotopic (exact) mass is 373 g/mol. The number of sulfonamides is 1. The van der Waals surface area contributed by atoms with Gasteiger partial charge in [0.2, 0.25) is 10.0 Å². The second-order valence-electron chi connectivity index (χ2n) is 6.68. The van der Waals surface area contributed by atoms with Crippen LogP contribution in [0.1, 0.15) is 43.9 Å². The number of pyridine rings is 1. The van der Waals surface area contributed by atoms with Gasteiger partial charge in [0, 0.05) is 31.4 Å². The summed E-state index contributed by atoms with van der Waals surface area (Å²) < 4.78 is 28.1. The number of benzene rings is 1. The molecule has 1 aliphatic heterocycles. The van der Waals surface area contributed by atoms with Crippen molar-refractivity contribution in [2.75, 3.05) is 24.5 Å². The zero-order valence-electron chi connectivity index (χ0n) is 15.7. The molecule has 1 aromatic heterocycles. The lowest BCUT2D eigenvalue weighted by Crippen LogP contribution is -2.32. The van der Waals surface area contributed by atoms with Crippen LogP contribution >= 0.6 is 0 Å². The van der Waals surface area contributed by atoms with Gasteiger partial charge in [-0.05, 0) is 51.8 Å². The SMILES string of the molecule is CCN(CC)c1ncccc1[C@H]1CCCN1S(=O)(=O)c1ccc(C)cc1. The van der Waals surface area contributed by atoms with E-state index in [1.807, 2.05) is 31.2 Å². The normalized spacial score (nSPS) is 18.2. The van der Waals surface area contributed by atoms with Crippen LogP contribution in [-0.4, -0.2) is 37.3 Å². The van der Waals surface area contributed by atoms with E-state index >= 15 is 0 Å². The zero-order chi connectivity index (χ0) is 18.7. The van der Waals surface area contributed by atoms with Gasteiger partial charge in [-0.15, -0.1) is 0 Å². The molecule has 140 valence electrons. The van der Waals surface area contributed by atoms with Crippen molar-refractivity contribution in [3.05, 3.63) is 53.7 Å². The molecule has 1 fully saturated rings. The molecule has 0 aliphatic carbocycles. The van der Waals surface area contributed by atoms with Gasteiger partial charge in [0.15, 0.2) is 0 Å². The summed E-state index contributed by atoms with van der Waals surface area (Å²) in [7, 11) is -3.52. The third-order valence-electron chi connectivity index (χ3n) is 5.07. The topological polar surface area (TPSA) is 53.5 Å². The lowest BCUT2D eigenvalue weighted by molar-refractivity contribution is 0.396. The summed E-state index contributed by atoms with van der Waals surface area (Å²) in [5, 5.41) is 0. The van der Waals surface area contributed by atoms with Gasteiger partial charge < -0.3 is 4.90 Å². The maximum absolute atomic E-state index is 13.2. The smallest absolute Gasteiger partial charge is 0.243 e. The molecule has 2 aromatic rings. The molecule has 1 saturated heterocycles. The van der Waals surface area contributed by atoms with E-state index in [0.717, 1.165) is 42.9 Å². The number of anilines is 1. The van der Waals surface area contributed by atoms with E-state index < -0.39 is 10.0 Å². The van der Waals surface area contributed by atoms with E-state index in [2.05, 4.69) is 23.7 Å². The Labute approximate surface area is 156 Å². The van der Waals surface area contributed by atoms with Crippen molar-refractivity contribution >= 4 is 15.8 Å². The fourth-order valence-corrected chi connectivity index (χ4v) is 5.32. The molecule has 1 aromatic carbocycles. The predicted molar refractivity (Wildman–Crippen MR) is 105 cm³/mol. The van der Waals surface area contributed by atoms with Crippen molar-refractivity contribution in [1.29, 1.82) is 0 Å². The quantitative estimate of drug-likeness (QED) is 0.774. The van der Waals surface area contributed by atoms with Gasteiger partial charge in [0.25, 0.3) is 0 Å². The molecule has 0 N–H and O–H groups in total. The molecular weight excluding hydrogens is 346 g/mol. The van der Waals surface area contributed by atoms with Crippen molar-refractivity contribution in [3.63, 3.8) is 0 Å². The highest BCUT2D eigenvalue weighted by atomic mass is 32.2. The number of aromatic nitrogens is 1. The van der Waals surface area contributed by atoms with E-state index in [9.17, 15) is 8.42 Å². The highest BCUT2D eigenvalue weighted by molar-refractivity contribution is 7.89. The molecule has 3 rings (SSSR count). The summed E-state index contributed by atoms with van der Waals surface area (Å²) in [6.07, 6.45) is 3.47. The van der Waals surface area contributed by atoms with Gasteiger partial charge in [-0.2, -0.15) is 4.31 Å². The number of nitrogens with zero attached hydrogens (tertiary/aromatic N) is 3. The van der Waals surface area contributed by atoms with Gasteiger partial charge in [-0.3, -0.25) is 0 Å². The zero-order valence-corrected chi connectivity index (χ0v) is 16.5. The first kappa shape index (κ1) is 18.9. The third kappa shape index (κ3) is 3.48. The fraction of sp³-hybridized carbons (Fsp3) is 0.450. The largest absolute Gasteiger partial charge is 0.357 e. The molecule has 5 nitrogen and oxygen atoms in total. The van der Waals surface area contributed by atoms with Gasteiger partial charge in [0.05, 0.1) is 10.9 Å². The van der Waals surface area contributed by atoms with Crippen LogP contribution in [-0.2, 0) is 10.0 Å². The van der Waals surface area contributed by atoms with Crippen LogP contribution < -0.4 is 4.90 Å². The molecule has 1 atom stereocenters. The highest BCUT2D eigenvalue weighted by Crippen LogP contribution is 2.39. The van der Waals surface area contributed by atoms with Crippen LogP contribution in [0.25, 0.3) is 0 Å². The van der Waals surface area contributed by atoms with Gasteiger partial charge in [-0.25, -0.2) is 13.4 Å². The van der Waals surface area contributed by atoms with Crippen LogP contribution in [0, 0.1) is 6.92 Å². The summed E-state index contributed by atoms with van der Waals surface area (Å²) in [4.78, 5) is 7.12. The minimum absolute atomic E-state index is 0.161. The first-order valence-electron chi connectivity index (χ1n) is 9.27. The Hall–Kier alpha value is -1.92. The Balaban J connectivity index is 2.00. The Morgan fingerprint density at radius 1 is 1.15 bits per heavy atom.